The molecule has 7 heteroatoms. The topological polar surface area (TPSA) is 32.8 Å². The van der Waals surface area contributed by atoms with Gasteiger partial charge in [-0.3, -0.25) is 4.79 Å². The van der Waals surface area contributed by atoms with Gasteiger partial charge in [0.2, 0.25) is 5.91 Å². The maximum Gasteiger partial charge on any atom is 0.225 e. The van der Waals surface area contributed by atoms with E-state index in [9.17, 15) is 4.79 Å². The maximum absolute atomic E-state index is 13.3. The smallest absolute Gasteiger partial charge is 0.225 e. The minimum absolute atomic E-state index is 0. The van der Waals surface area contributed by atoms with E-state index in [1.54, 1.807) is 0 Å². The van der Waals surface area contributed by atoms with E-state index in [4.69, 9.17) is 27.9 Å². The lowest BCUT2D eigenvalue weighted by molar-refractivity contribution is -0.137. The summed E-state index contributed by atoms with van der Waals surface area (Å²) in [6, 6.07) is 16.9. The molecule has 2 unspecified atom stereocenters. The highest BCUT2D eigenvalue weighted by Crippen LogP contribution is 2.40. The number of halogens is 3. The van der Waals surface area contributed by atoms with Crippen LogP contribution in [0.25, 0.3) is 0 Å². The van der Waals surface area contributed by atoms with Crippen LogP contribution in [-0.2, 0) is 21.4 Å². The summed E-state index contributed by atoms with van der Waals surface area (Å²) in [5, 5.41) is 1.17. The Morgan fingerprint density at radius 1 is 1.03 bits per heavy atom. The van der Waals surface area contributed by atoms with Crippen molar-refractivity contribution in [1.29, 1.82) is 0 Å². The summed E-state index contributed by atoms with van der Waals surface area (Å²) in [6.45, 7) is 10.9. The molecule has 0 N–H and O–H groups in total. The largest absolute Gasteiger partial charge is 0.375 e. The molecule has 0 spiro atoms. The Balaban J connectivity index is 0.00000420. The van der Waals surface area contributed by atoms with Crippen LogP contribution in [0, 0.1) is 5.92 Å². The van der Waals surface area contributed by atoms with Crippen molar-refractivity contribution in [1.82, 2.24) is 9.80 Å². The standard InChI is InChI=1S/C32H44Cl2N2O2.ClH/c1-24(2)38-25(3)20-31(37)36-16-7-14-32(23-36,28-10-11-29(33)30(34)22-28)15-19-35-17-12-27(13-18-35)21-26-8-5-4-6-9-26;/h4-6,8-11,22,24-25,27H,7,12-21,23H2,1-3H3;1H. The second-order valence-electron chi connectivity index (χ2n) is 11.8. The van der Waals surface area contributed by atoms with E-state index in [0.29, 0.717) is 16.5 Å². The third kappa shape index (κ3) is 9.10. The Kier molecular flexibility index (Phi) is 12.5. The number of benzene rings is 2. The van der Waals surface area contributed by atoms with Crippen LogP contribution in [0.5, 0.6) is 0 Å². The maximum atomic E-state index is 13.3. The molecule has 2 saturated heterocycles. The van der Waals surface area contributed by atoms with Crippen LogP contribution in [0.15, 0.2) is 48.5 Å². The molecule has 2 aliphatic rings. The van der Waals surface area contributed by atoms with Crippen molar-refractivity contribution in [2.24, 2.45) is 5.92 Å². The predicted octanol–water partition coefficient (Wildman–Crippen LogP) is 7.82. The normalized spacial score (nSPS) is 21.5. The lowest BCUT2D eigenvalue weighted by Gasteiger charge is -2.45. The fraction of sp³-hybridized carbons (Fsp3) is 0.594. The van der Waals surface area contributed by atoms with Crippen molar-refractivity contribution in [2.45, 2.75) is 83.3 Å². The van der Waals surface area contributed by atoms with Gasteiger partial charge >= 0.3 is 0 Å². The van der Waals surface area contributed by atoms with E-state index in [1.165, 1.54) is 30.4 Å². The van der Waals surface area contributed by atoms with Gasteiger partial charge < -0.3 is 14.5 Å². The van der Waals surface area contributed by atoms with E-state index in [1.807, 2.05) is 32.9 Å². The number of carbonyl (C=O) groups is 1. The van der Waals surface area contributed by atoms with Crippen LogP contribution < -0.4 is 0 Å². The van der Waals surface area contributed by atoms with Crippen LogP contribution >= 0.6 is 35.6 Å². The van der Waals surface area contributed by atoms with E-state index < -0.39 is 0 Å². The number of hydrogen-bond acceptors (Lipinski definition) is 3. The fourth-order valence-electron chi connectivity index (χ4n) is 6.38. The number of ether oxygens (including phenoxy) is 1. The van der Waals surface area contributed by atoms with Crippen molar-refractivity contribution in [2.75, 3.05) is 32.7 Å². The second kappa shape index (κ2) is 15.1. The summed E-state index contributed by atoms with van der Waals surface area (Å²) in [7, 11) is 0. The van der Waals surface area contributed by atoms with Crippen molar-refractivity contribution in [3.63, 3.8) is 0 Å². The third-order valence-electron chi connectivity index (χ3n) is 8.41. The Labute approximate surface area is 251 Å². The summed E-state index contributed by atoms with van der Waals surface area (Å²) < 4.78 is 5.86. The highest BCUT2D eigenvalue weighted by molar-refractivity contribution is 6.42. The van der Waals surface area contributed by atoms with Gasteiger partial charge in [-0.15, -0.1) is 12.4 Å². The van der Waals surface area contributed by atoms with Crippen molar-refractivity contribution >= 4 is 41.5 Å². The molecule has 0 aromatic heterocycles. The van der Waals surface area contributed by atoms with Crippen LogP contribution in [0.4, 0.5) is 0 Å². The van der Waals surface area contributed by atoms with Gasteiger partial charge in [0.25, 0.3) is 0 Å². The number of amides is 1. The summed E-state index contributed by atoms with van der Waals surface area (Å²) in [6.07, 6.45) is 7.17. The van der Waals surface area contributed by atoms with E-state index in [-0.39, 0.29) is 35.9 Å². The number of piperidine rings is 2. The van der Waals surface area contributed by atoms with Gasteiger partial charge in [0.05, 0.1) is 28.7 Å². The highest BCUT2D eigenvalue weighted by atomic mass is 35.5. The van der Waals surface area contributed by atoms with Gasteiger partial charge in [-0.25, -0.2) is 0 Å². The van der Waals surface area contributed by atoms with Crippen LogP contribution in [0.3, 0.4) is 0 Å². The third-order valence-corrected chi connectivity index (χ3v) is 9.15. The van der Waals surface area contributed by atoms with Crippen molar-refractivity contribution in [3.05, 3.63) is 69.7 Å². The van der Waals surface area contributed by atoms with Crippen LogP contribution in [-0.4, -0.2) is 60.6 Å². The fourth-order valence-corrected chi connectivity index (χ4v) is 6.67. The molecule has 39 heavy (non-hydrogen) atoms. The monoisotopic (exact) mass is 594 g/mol. The number of carbonyl (C=O) groups excluding carboxylic acids is 1. The molecule has 2 aromatic carbocycles. The van der Waals surface area contributed by atoms with E-state index >= 15 is 0 Å². The molecule has 1 amide bonds. The minimum Gasteiger partial charge on any atom is -0.375 e. The molecule has 4 nitrogen and oxygen atoms in total. The Morgan fingerprint density at radius 2 is 1.74 bits per heavy atom. The van der Waals surface area contributed by atoms with Gasteiger partial charge in [-0.2, -0.15) is 0 Å². The molecular weight excluding hydrogens is 551 g/mol. The lowest BCUT2D eigenvalue weighted by Crippen LogP contribution is -2.50. The summed E-state index contributed by atoms with van der Waals surface area (Å²) in [5.41, 5.74) is 2.53. The zero-order chi connectivity index (χ0) is 27.1. The average molecular weight is 596 g/mol. The molecule has 216 valence electrons. The molecule has 4 rings (SSSR count). The number of rotatable bonds is 10. The van der Waals surface area contributed by atoms with E-state index in [0.717, 1.165) is 57.9 Å². The average Bonchev–Trinajstić information content (AvgIpc) is 2.90. The van der Waals surface area contributed by atoms with Gasteiger partial charge in [0.15, 0.2) is 0 Å². The zero-order valence-corrected chi connectivity index (χ0v) is 26.0. The highest BCUT2D eigenvalue weighted by Gasteiger charge is 2.39. The lowest BCUT2D eigenvalue weighted by atomic mass is 9.71. The number of hydrogen-bond donors (Lipinski definition) is 0. The molecule has 0 radical (unpaired) electrons. The van der Waals surface area contributed by atoms with Crippen molar-refractivity contribution < 1.29 is 9.53 Å². The van der Waals surface area contributed by atoms with E-state index in [2.05, 4.69) is 46.2 Å². The molecular formula is C32H45Cl3N2O2. The summed E-state index contributed by atoms with van der Waals surface area (Å²) in [4.78, 5) is 18.0. The predicted molar refractivity (Wildman–Crippen MR) is 165 cm³/mol. The SMILES string of the molecule is CC(C)OC(C)CC(=O)N1CCCC(CCN2CCC(Cc3ccccc3)CC2)(c2ccc(Cl)c(Cl)c2)C1.Cl. The Morgan fingerprint density at radius 3 is 2.41 bits per heavy atom. The molecule has 2 aromatic rings. The molecule has 0 aliphatic carbocycles. The number of likely N-dealkylation sites (tertiary alicyclic amines) is 2. The van der Waals surface area contributed by atoms with Crippen molar-refractivity contribution in [3.8, 4) is 0 Å². The first kappa shape index (κ1) is 32.2. The summed E-state index contributed by atoms with van der Waals surface area (Å²) in [5.74, 6) is 0.944. The molecule has 2 heterocycles. The summed E-state index contributed by atoms with van der Waals surface area (Å²) >= 11 is 12.8. The van der Waals surface area contributed by atoms with Gasteiger partial charge in [-0.05, 0) is 108 Å². The molecule has 0 bridgehead atoms. The Bertz CT molecular complexity index is 1040. The van der Waals surface area contributed by atoms with Crippen LogP contribution in [0.1, 0.15) is 70.4 Å². The first-order chi connectivity index (χ1) is 18.2. The van der Waals surface area contributed by atoms with Gasteiger partial charge in [0, 0.05) is 18.5 Å². The Hall–Kier alpha value is -1.30. The van der Waals surface area contributed by atoms with Crippen LogP contribution in [0.2, 0.25) is 10.0 Å². The number of nitrogens with zero attached hydrogens (tertiary/aromatic N) is 2. The molecule has 2 fully saturated rings. The molecule has 0 saturated carbocycles. The second-order valence-corrected chi connectivity index (χ2v) is 12.6. The quantitative estimate of drug-likeness (QED) is 0.281. The van der Waals surface area contributed by atoms with Gasteiger partial charge in [-0.1, -0.05) is 59.6 Å². The molecule has 2 atom stereocenters. The molecule has 2 aliphatic heterocycles. The minimum atomic E-state index is -0.120. The first-order valence-electron chi connectivity index (χ1n) is 14.4. The zero-order valence-electron chi connectivity index (χ0n) is 23.7. The first-order valence-corrected chi connectivity index (χ1v) is 15.1. The van der Waals surface area contributed by atoms with Gasteiger partial charge in [0.1, 0.15) is 0 Å².